The van der Waals surface area contributed by atoms with Gasteiger partial charge in [-0.3, -0.25) is 14.3 Å². The Labute approximate surface area is 228 Å². The van der Waals surface area contributed by atoms with E-state index in [1.807, 2.05) is 12.1 Å². The lowest BCUT2D eigenvalue weighted by Crippen LogP contribution is -2.39. The van der Waals surface area contributed by atoms with Crippen LogP contribution in [0.15, 0.2) is 53.5 Å². The first-order valence-corrected chi connectivity index (χ1v) is 13.6. The van der Waals surface area contributed by atoms with Gasteiger partial charge in [0.15, 0.2) is 11.6 Å². The van der Waals surface area contributed by atoms with Crippen LogP contribution in [0.1, 0.15) is 43.1 Å². The van der Waals surface area contributed by atoms with Crippen molar-refractivity contribution in [3.63, 3.8) is 0 Å². The minimum Gasteiger partial charge on any atom is -0.367 e. The smallest absolute Gasteiger partial charge is 0.276 e. The Balaban J connectivity index is 1.28. The van der Waals surface area contributed by atoms with Gasteiger partial charge in [0.05, 0.1) is 22.4 Å². The number of nitrogens with two attached hydrogens (primary N) is 1. The van der Waals surface area contributed by atoms with Crippen molar-refractivity contribution in [2.75, 3.05) is 23.3 Å². The van der Waals surface area contributed by atoms with Gasteiger partial charge in [-0.1, -0.05) is 13.0 Å². The molecule has 4 fully saturated rings. The number of nitrogens with zero attached hydrogens (tertiary/aromatic N) is 5. The molecule has 3 saturated carbocycles. The van der Waals surface area contributed by atoms with E-state index in [0.717, 1.165) is 66.5 Å². The average Bonchev–Trinajstić information content (AvgIpc) is 3.68. The molecule has 0 spiro atoms. The number of para-hydroxylation sites is 1. The second-order valence-electron chi connectivity index (χ2n) is 11.5. The summed E-state index contributed by atoms with van der Waals surface area (Å²) >= 11 is 0. The molecular weight excluding hydrogens is 516 g/mol. The van der Waals surface area contributed by atoms with E-state index in [1.165, 1.54) is 18.6 Å². The van der Waals surface area contributed by atoms with E-state index < -0.39 is 28.8 Å². The van der Waals surface area contributed by atoms with Crippen molar-refractivity contribution in [3.05, 3.63) is 76.3 Å². The molecule has 2 bridgehead atoms. The molecule has 2 atom stereocenters. The maximum Gasteiger partial charge on any atom is 0.276 e. The highest BCUT2D eigenvalue weighted by molar-refractivity contribution is 6.08. The van der Waals surface area contributed by atoms with Crippen LogP contribution in [0, 0.1) is 23.5 Å². The van der Waals surface area contributed by atoms with Crippen LogP contribution in [-0.4, -0.2) is 44.6 Å². The third-order valence-electron chi connectivity index (χ3n) is 8.92. The van der Waals surface area contributed by atoms with Gasteiger partial charge in [0, 0.05) is 36.8 Å². The molecule has 8 rings (SSSR count). The normalized spacial score (nSPS) is 25.4. The van der Waals surface area contributed by atoms with Crippen LogP contribution in [0.5, 0.6) is 0 Å². The van der Waals surface area contributed by atoms with E-state index in [4.69, 9.17) is 10.8 Å². The summed E-state index contributed by atoms with van der Waals surface area (Å²) in [5.74, 6) is -1.50. The third kappa shape index (κ3) is 3.82. The first-order valence-electron chi connectivity index (χ1n) is 13.6. The van der Waals surface area contributed by atoms with Crippen molar-refractivity contribution in [2.45, 2.75) is 44.2 Å². The first-order chi connectivity index (χ1) is 19.2. The Hall–Kier alpha value is -4.12. The van der Waals surface area contributed by atoms with E-state index in [-0.39, 0.29) is 23.2 Å². The van der Waals surface area contributed by atoms with Crippen LogP contribution in [0.25, 0.3) is 16.6 Å². The monoisotopic (exact) mass is 545 g/mol. The van der Waals surface area contributed by atoms with Crippen LogP contribution in [-0.2, 0) is 5.54 Å². The molecule has 206 valence electrons. The molecule has 1 saturated heterocycles. The number of aromatic nitrogens is 4. The molecule has 9 nitrogen and oxygen atoms in total. The van der Waals surface area contributed by atoms with Crippen LogP contribution in [0.4, 0.5) is 20.2 Å². The molecule has 1 amide bonds. The lowest BCUT2D eigenvalue weighted by Gasteiger charge is -2.38. The molecule has 1 aliphatic heterocycles. The Kier molecular flexibility index (Phi) is 5.57. The molecule has 4 aromatic rings. The van der Waals surface area contributed by atoms with Crippen molar-refractivity contribution in [1.82, 2.24) is 19.6 Å². The molecule has 2 aromatic carbocycles. The number of fused-ring (bicyclic) bond motifs is 2. The van der Waals surface area contributed by atoms with E-state index >= 15 is 0 Å². The summed E-state index contributed by atoms with van der Waals surface area (Å²) in [6.45, 7) is 3.45. The number of benzene rings is 2. The molecule has 3 aliphatic carbocycles. The number of anilines is 2. The van der Waals surface area contributed by atoms with Gasteiger partial charge in [-0.25, -0.2) is 8.78 Å². The highest BCUT2D eigenvalue weighted by Gasteiger charge is 2.52. The fraction of sp³-hybridized carbons (Fsp3) is 0.379. The molecule has 40 heavy (non-hydrogen) atoms. The predicted octanol–water partition coefficient (Wildman–Crippen LogP) is 3.80. The Morgan fingerprint density at radius 2 is 1.82 bits per heavy atom. The molecule has 0 radical (unpaired) electrons. The molecule has 3 heterocycles. The fourth-order valence-electron chi connectivity index (χ4n) is 6.71. The minimum absolute atomic E-state index is 0.0180. The van der Waals surface area contributed by atoms with Gasteiger partial charge in [0.1, 0.15) is 11.4 Å². The second kappa shape index (κ2) is 8.95. The molecule has 0 unspecified atom stereocenters. The third-order valence-corrected chi connectivity index (χ3v) is 8.92. The maximum absolute atomic E-state index is 14.4. The largest absolute Gasteiger partial charge is 0.367 e. The highest BCUT2D eigenvalue weighted by atomic mass is 19.1. The van der Waals surface area contributed by atoms with E-state index in [9.17, 15) is 18.4 Å². The summed E-state index contributed by atoms with van der Waals surface area (Å²) in [4.78, 5) is 28.1. The van der Waals surface area contributed by atoms with Gasteiger partial charge in [-0.2, -0.15) is 14.9 Å². The summed E-state index contributed by atoms with van der Waals surface area (Å²) in [6.07, 6.45) is 6.75. The van der Waals surface area contributed by atoms with Gasteiger partial charge < -0.3 is 16.0 Å². The fourth-order valence-corrected chi connectivity index (χ4v) is 6.71. The quantitative estimate of drug-likeness (QED) is 0.395. The number of hydrogen-bond donors (Lipinski definition) is 2. The zero-order chi connectivity index (χ0) is 27.8. The zero-order valence-corrected chi connectivity index (χ0v) is 22.0. The number of amides is 1. The summed E-state index contributed by atoms with van der Waals surface area (Å²) in [5, 5.41) is 12.8. The Bertz CT molecular complexity index is 1690. The van der Waals surface area contributed by atoms with Crippen molar-refractivity contribution >= 4 is 28.2 Å². The van der Waals surface area contributed by atoms with Crippen molar-refractivity contribution in [2.24, 2.45) is 17.6 Å². The predicted molar refractivity (Wildman–Crippen MR) is 147 cm³/mol. The number of rotatable bonds is 5. The van der Waals surface area contributed by atoms with Crippen LogP contribution < -0.4 is 21.5 Å². The average molecular weight is 546 g/mol. The lowest BCUT2D eigenvalue weighted by atomic mass is 9.77. The van der Waals surface area contributed by atoms with E-state index in [1.54, 1.807) is 0 Å². The van der Waals surface area contributed by atoms with Gasteiger partial charge in [0.25, 0.3) is 11.5 Å². The number of carbonyl (C=O) groups is 1. The van der Waals surface area contributed by atoms with Gasteiger partial charge in [-0.05, 0) is 67.9 Å². The van der Waals surface area contributed by atoms with Crippen LogP contribution in [0.2, 0.25) is 0 Å². The molecule has 4 aliphatic rings. The number of hydrogen-bond acceptors (Lipinski definition) is 6. The molecule has 2 aromatic heterocycles. The van der Waals surface area contributed by atoms with Gasteiger partial charge in [0.2, 0.25) is 0 Å². The lowest BCUT2D eigenvalue weighted by molar-refractivity contribution is 0.102. The summed E-state index contributed by atoms with van der Waals surface area (Å²) < 4.78 is 31.5. The molecule has 11 heteroatoms. The molecular formula is C29H29F2N7O2. The summed E-state index contributed by atoms with van der Waals surface area (Å²) in [6, 6.07) is 9.22. The SMILES string of the molecule is C[C@H]1CN(c2c(NC(=O)c3ccc(=O)n(-c4c(F)cccc4F)n3)ccc3nn(C45CCC(C4)C5)cc23)C[C@@H]1N. The van der Waals surface area contributed by atoms with Crippen molar-refractivity contribution < 1.29 is 13.6 Å². The minimum atomic E-state index is -0.962. The topological polar surface area (TPSA) is 111 Å². The molecule has 3 N–H and O–H groups in total. The number of nitrogens with one attached hydrogen (secondary N) is 1. The summed E-state index contributed by atoms with van der Waals surface area (Å²) in [5.41, 5.74) is 7.11. The summed E-state index contributed by atoms with van der Waals surface area (Å²) in [7, 11) is 0. The van der Waals surface area contributed by atoms with Crippen LogP contribution >= 0.6 is 0 Å². The van der Waals surface area contributed by atoms with Crippen LogP contribution in [0.3, 0.4) is 0 Å². The standard InChI is InChI=1S/C29H29F2N7O2/c1-16-13-36(15-21(16)32)26-18-14-37(29-10-9-17(11-29)12-29)34-22(18)5-6-23(26)33-28(40)24-7-8-25(39)38(35-24)27-19(30)3-2-4-20(27)31/h2-8,14,16-17,21H,9-13,15,32H2,1H3,(H,33,40)/t16-,17?,21-,29?/m0/s1. The van der Waals surface area contributed by atoms with E-state index in [0.29, 0.717) is 16.9 Å². The number of carbonyl (C=O) groups excluding carboxylic acids is 1. The van der Waals surface area contributed by atoms with Crippen molar-refractivity contribution in [3.8, 4) is 5.69 Å². The van der Waals surface area contributed by atoms with Crippen molar-refractivity contribution in [1.29, 1.82) is 0 Å². The Morgan fingerprint density at radius 3 is 2.50 bits per heavy atom. The first kappa shape index (κ1) is 24.9. The maximum atomic E-state index is 14.4. The Morgan fingerprint density at radius 1 is 1.05 bits per heavy atom. The van der Waals surface area contributed by atoms with Gasteiger partial charge >= 0.3 is 0 Å². The second-order valence-corrected chi connectivity index (χ2v) is 11.5. The zero-order valence-electron chi connectivity index (χ0n) is 22.0. The highest BCUT2D eigenvalue weighted by Crippen LogP contribution is 2.57. The van der Waals surface area contributed by atoms with E-state index in [2.05, 4.69) is 33.1 Å². The number of halogens is 2. The van der Waals surface area contributed by atoms with Gasteiger partial charge in [-0.15, -0.1) is 0 Å².